The van der Waals surface area contributed by atoms with Gasteiger partial charge in [-0.3, -0.25) is 0 Å². The van der Waals surface area contributed by atoms with Gasteiger partial charge >= 0.3 is 0 Å². The Hall–Kier alpha value is 0.354. The molecule has 0 atom stereocenters. The molecule has 0 rings (SSSR count). The predicted octanol–water partition coefficient (Wildman–Crippen LogP) is 0.313. The zero-order chi connectivity index (χ0) is 8.36. The Morgan fingerprint density at radius 3 is 1.60 bits per heavy atom. The summed E-state index contributed by atoms with van der Waals surface area (Å²) in [4.78, 5) is 0. The lowest BCUT2D eigenvalue weighted by atomic mass is 11.3. The van der Waals surface area contributed by atoms with Crippen molar-refractivity contribution in [3.05, 3.63) is 0 Å². The molecular weight excluding hydrogens is 156 g/mol. The van der Waals surface area contributed by atoms with E-state index in [1.165, 1.54) is 0 Å². The Labute approximate surface area is 68.3 Å². The van der Waals surface area contributed by atoms with Crippen LogP contribution in [0.3, 0.4) is 0 Å². The van der Waals surface area contributed by atoms with Crippen molar-refractivity contribution in [1.29, 1.82) is 0 Å². The number of nitrogens with zero attached hydrogens (tertiary/aromatic N) is 2. The summed E-state index contributed by atoms with van der Waals surface area (Å²) in [6.45, 7) is 7.13. The molecule has 0 N–H and O–H groups in total. The normalized spacial score (nSPS) is 14.4. The molecule has 0 heterocycles. The average molecular weight is 176 g/mol. The molecule has 0 aromatic heterocycles. The summed E-state index contributed by atoms with van der Waals surface area (Å²) in [5, 5.41) is 0. The van der Waals surface area contributed by atoms with Crippen LogP contribution in [0, 0.1) is 0 Å². The first kappa shape index (κ1) is 10.4. The van der Waals surface area contributed by atoms with E-state index in [4.69, 9.17) is 0 Å². The maximum atomic E-state index is 2.59. The van der Waals surface area contributed by atoms with Gasteiger partial charge in [-0.05, 0) is 34.2 Å². The summed E-state index contributed by atoms with van der Waals surface area (Å²) in [6, 6.07) is 0. The number of hydrogen-bond acceptors (Lipinski definition) is 2. The molecule has 0 saturated carbocycles. The van der Waals surface area contributed by atoms with E-state index in [0.717, 1.165) is 0 Å². The lowest BCUT2D eigenvalue weighted by Crippen LogP contribution is -2.58. The first-order chi connectivity index (χ1) is 4.42. The zero-order valence-corrected chi connectivity index (χ0v) is 10.5. The molecular formula is C6H20N2Si2. The van der Waals surface area contributed by atoms with Crippen molar-refractivity contribution in [3.63, 3.8) is 0 Å². The van der Waals surface area contributed by atoms with E-state index >= 15 is 0 Å². The molecule has 2 nitrogen and oxygen atoms in total. The lowest BCUT2D eigenvalue weighted by Gasteiger charge is -2.38. The van der Waals surface area contributed by atoms with Crippen LogP contribution in [0.1, 0.15) is 0 Å². The molecule has 0 radical (unpaired) electrons. The first-order valence-electron chi connectivity index (χ1n) is 3.81. The summed E-state index contributed by atoms with van der Waals surface area (Å²) < 4.78 is 4.98. The quantitative estimate of drug-likeness (QED) is 0.571. The summed E-state index contributed by atoms with van der Waals surface area (Å²) in [5.74, 6) is 0. The van der Waals surface area contributed by atoms with E-state index in [1.54, 1.807) is 0 Å². The Morgan fingerprint density at radius 2 is 1.50 bits per heavy atom. The van der Waals surface area contributed by atoms with Crippen molar-refractivity contribution >= 4 is 18.1 Å². The van der Waals surface area contributed by atoms with Crippen LogP contribution in [0.15, 0.2) is 0 Å². The third kappa shape index (κ3) is 2.19. The molecule has 0 aliphatic carbocycles. The van der Waals surface area contributed by atoms with Crippen LogP contribution in [-0.2, 0) is 0 Å². The van der Waals surface area contributed by atoms with Crippen molar-refractivity contribution in [2.45, 2.75) is 19.6 Å². The van der Waals surface area contributed by atoms with Gasteiger partial charge in [0.25, 0.3) is 0 Å². The third-order valence-electron chi connectivity index (χ3n) is 2.50. The van der Waals surface area contributed by atoms with Gasteiger partial charge in [-0.2, -0.15) is 0 Å². The Kier molecular flexibility index (Phi) is 3.79. The molecule has 0 fully saturated rings. The molecule has 10 heavy (non-hydrogen) atoms. The molecule has 0 aromatic carbocycles. The van der Waals surface area contributed by atoms with Gasteiger partial charge in [0.1, 0.15) is 0 Å². The standard InChI is InChI=1S/C6H20N2Si2/c1-7(2)10(5,6)8(3)9-4/h9H2,1-6H3. The Balaban J connectivity index is 4.09. The van der Waals surface area contributed by atoms with Crippen LogP contribution in [0.4, 0.5) is 0 Å². The highest BCUT2D eigenvalue weighted by Gasteiger charge is 2.27. The van der Waals surface area contributed by atoms with Crippen molar-refractivity contribution < 1.29 is 0 Å². The average Bonchev–Trinajstić information content (AvgIpc) is 1.86. The smallest absolute Gasteiger partial charge is 0.192 e. The minimum atomic E-state index is -1.16. The van der Waals surface area contributed by atoms with Gasteiger partial charge in [0.2, 0.25) is 0 Å². The maximum absolute atomic E-state index is 2.59. The molecule has 0 aliphatic rings. The third-order valence-corrected chi connectivity index (χ3v) is 10.8. The maximum Gasteiger partial charge on any atom is 0.192 e. The molecule has 0 amide bonds. The Bertz CT molecular complexity index is 104. The SMILES string of the molecule is C[SiH2]N(C)[Si](C)(C)N(C)C. The Morgan fingerprint density at radius 1 is 1.10 bits per heavy atom. The van der Waals surface area contributed by atoms with Crippen molar-refractivity contribution in [1.82, 2.24) is 8.80 Å². The fourth-order valence-corrected chi connectivity index (χ4v) is 5.36. The van der Waals surface area contributed by atoms with E-state index in [2.05, 4.69) is 49.6 Å². The van der Waals surface area contributed by atoms with E-state index in [9.17, 15) is 0 Å². The van der Waals surface area contributed by atoms with Crippen molar-refractivity contribution in [3.8, 4) is 0 Å². The molecule has 62 valence electrons. The van der Waals surface area contributed by atoms with Crippen LogP contribution < -0.4 is 0 Å². The number of hydrogen-bond donors (Lipinski definition) is 0. The molecule has 0 aromatic rings. The molecule has 0 spiro atoms. The fraction of sp³-hybridized carbons (Fsp3) is 1.00. The highest BCUT2D eigenvalue weighted by Crippen LogP contribution is 2.07. The van der Waals surface area contributed by atoms with Crippen molar-refractivity contribution in [2.24, 2.45) is 0 Å². The summed E-state index contributed by atoms with van der Waals surface area (Å²) in [7, 11) is 5.53. The minimum Gasteiger partial charge on any atom is -0.341 e. The van der Waals surface area contributed by atoms with E-state index in [0.29, 0.717) is 0 Å². The van der Waals surface area contributed by atoms with Crippen LogP contribution >= 0.6 is 0 Å². The van der Waals surface area contributed by atoms with Gasteiger partial charge in [0.15, 0.2) is 8.40 Å². The van der Waals surface area contributed by atoms with Gasteiger partial charge in [-0.1, -0.05) is 6.55 Å². The molecule has 0 saturated heterocycles. The van der Waals surface area contributed by atoms with Gasteiger partial charge in [0, 0.05) is 0 Å². The summed E-state index contributed by atoms with van der Waals surface area (Å²) in [5.41, 5.74) is 0. The molecule has 0 aliphatic heterocycles. The molecule has 4 heteroatoms. The second-order valence-electron chi connectivity index (χ2n) is 3.40. The topological polar surface area (TPSA) is 6.48 Å². The number of rotatable bonds is 3. The highest BCUT2D eigenvalue weighted by molar-refractivity contribution is 6.77. The zero-order valence-electron chi connectivity index (χ0n) is 8.10. The monoisotopic (exact) mass is 176 g/mol. The second-order valence-corrected chi connectivity index (χ2v) is 10.3. The van der Waals surface area contributed by atoms with Crippen LogP contribution in [-0.4, -0.2) is 48.0 Å². The fourth-order valence-electron chi connectivity index (χ4n) is 0.728. The first-order valence-corrected chi connectivity index (χ1v) is 8.75. The lowest BCUT2D eigenvalue weighted by molar-refractivity contribution is 0.554. The largest absolute Gasteiger partial charge is 0.341 e. The van der Waals surface area contributed by atoms with E-state index in [1.807, 2.05) is 0 Å². The molecule has 0 unspecified atom stereocenters. The minimum absolute atomic E-state index is 0.0448. The van der Waals surface area contributed by atoms with Gasteiger partial charge in [0.05, 0.1) is 9.68 Å². The van der Waals surface area contributed by atoms with Crippen molar-refractivity contribution in [2.75, 3.05) is 21.1 Å². The molecule has 0 bridgehead atoms. The van der Waals surface area contributed by atoms with Crippen LogP contribution in [0.5, 0.6) is 0 Å². The second kappa shape index (κ2) is 3.66. The van der Waals surface area contributed by atoms with E-state index < -0.39 is 8.40 Å². The van der Waals surface area contributed by atoms with Gasteiger partial charge in [-0.25, -0.2) is 0 Å². The van der Waals surface area contributed by atoms with Gasteiger partial charge in [-0.15, -0.1) is 0 Å². The summed E-state index contributed by atoms with van der Waals surface area (Å²) >= 11 is 0. The highest BCUT2D eigenvalue weighted by atomic mass is 28.4. The summed E-state index contributed by atoms with van der Waals surface area (Å²) in [6.07, 6.45) is 0. The van der Waals surface area contributed by atoms with E-state index in [-0.39, 0.29) is 9.68 Å². The van der Waals surface area contributed by atoms with Crippen LogP contribution in [0.2, 0.25) is 19.6 Å². The predicted molar refractivity (Wildman–Crippen MR) is 53.3 cm³/mol. The van der Waals surface area contributed by atoms with Gasteiger partial charge < -0.3 is 8.80 Å². The van der Waals surface area contributed by atoms with Crippen LogP contribution in [0.25, 0.3) is 0 Å².